The Morgan fingerprint density at radius 3 is 3.19 bits per heavy atom. The largest absolute Gasteiger partial charge is 0.347 e. The zero-order valence-corrected chi connectivity index (χ0v) is 10.2. The van der Waals surface area contributed by atoms with Gasteiger partial charge in [0.25, 0.3) is 0 Å². The van der Waals surface area contributed by atoms with E-state index in [9.17, 15) is 0 Å². The van der Waals surface area contributed by atoms with Crippen LogP contribution in [0.5, 0.6) is 0 Å². The van der Waals surface area contributed by atoms with Crippen LogP contribution in [0, 0.1) is 0 Å². The second-order valence-electron chi connectivity index (χ2n) is 4.70. The molecule has 0 amide bonds. The first-order chi connectivity index (χ1) is 7.79. The molecule has 2 atom stereocenters. The lowest BCUT2D eigenvalue weighted by atomic mass is 10.0. The molecule has 0 aliphatic carbocycles. The van der Waals surface area contributed by atoms with Crippen LogP contribution in [-0.4, -0.2) is 41.0 Å². The van der Waals surface area contributed by atoms with Crippen molar-refractivity contribution in [3.63, 3.8) is 0 Å². The van der Waals surface area contributed by atoms with Gasteiger partial charge in [-0.25, -0.2) is 4.98 Å². The summed E-state index contributed by atoms with van der Waals surface area (Å²) in [6.07, 6.45) is 7.37. The molecule has 2 unspecified atom stereocenters. The Morgan fingerprint density at radius 2 is 2.56 bits per heavy atom. The van der Waals surface area contributed by atoms with Crippen molar-refractivity contribution in [2.45, 2.75) is 38.3 Å². The molecule has 0 bridgehead atoms. The molecule has 4 nitrogen and oxygen atoms in total. The second-order valence-corrected chi connectivity index (χ2v) is 4.70. The number of piperidine rings is 1. The van der Waals surface area contributed by atoms with Gasteiger partial charge in [0.05, 0.1) is 6.04 Å². The third-order valence-corrected chi connectivity index (χ3v) is 3.32. The van der Waals surface area contributed by atoms with Crippen molar-refractivity contribution in [3.05, 3.63) is 18.2 Å². The monoisotopic (exact) mass is 222 g/mol. The van der Waals surface area contributed by atoms with Crippen LogP contribution in [-0.2, 0) is 0 Å². The molecule has 1 fully saturated rings. The highest BCUT2D eigenvalue weighted by atomic mass is 15.1. The fourth-order valence-electron chi connectivity index (χ4n) is 2.45. The average Bonchev–Trinajstić information content (AvgIpc) is 2.79. The molecule has 90 valence electrons. The SMILES string of the molecule is CCC(NC1CCCN(C)C1)c1ncc[nH]1. The number of H-pyrrole nitrogens is 1. The summed E-state index contributed by atoms with van der Waals surface area (Å²) in [5.41, 5.74) is 0. The van der Waals surface area contributed by atoms with Crippen molar-refractivity contribution in [2.75, 3.05) is 20.1 Å². The van der Waals surface area contributed by atoms with Crippen molar-refractivity contribution in [1.29, 1.82) is 0 Å². The topological polar surface area (TPSA) is 44.0 Å². The lowest BCUT2D eigenvalue weighted by Gasteiger charge is -2.32. The molecule has 1 aliphatic heterocycles. The van der Waals surface area contributed by atoms with Gasteiger partial charge in [0, 0.05) is 25.0 Å². The van der Waals surface area contributed by atoms with Gasteiger partial charge in [0.2, 0.25) is 0 Å². The number of hydrogen-bond acceptors (Lipinski definition) is 3. The molecular weight excluding hydrogens is 200 g/mol. The van der Waals surface area contributed by atoms with Gasteiger partial charge in [-0.3, -0.25) is 0 Å². The maximum absolute atomic E-state index is 4.34. The highest BCUT2D eigenvalue weighted by Crippen LogP contribution is 2.16. The highest BCUT2D eigenvalue weighted by molar-refractivity contribution is 4.96. The summed E-state index contributed by atoms with van der Waals surface area (Å²) >= 11 is 0. The van der Waals surface area contributed by atoms with E-state index in [0.29, 0.717) is 12.1 Å². The van der Waals surface area contributed by atoms with Crippen LogP contribution in [0.1, 0.15) is 38.1 Å². The van der Waals surface area contributed by atoms with Crippen LogP contribution < -0.4 is 5.32 Å². The minimum absolute atomic E-state index is 0.367. The van der Waals surface area contributed by atoms with Crippen molar-refractivity contribution in [3.8, 4) is 0 Å². The summed E-state index contributed by atoms with van der Waals surface area (Å²) in [6, 6.07) is 0.972. The van der Waals surface area contributed by atoms with Crippen molar-refractivity contribution in [1.82, 2.24) is 20.2 Å². The van der Waals surface area contributed by atoms with Crippen molar-refractivity contribution < 1.29 is 0 Å². The Balaban J connectivity index is 1.91. The van der Waals surface area contributed by atoms with E-state index >= 15 is 0 Å². The summed E-state index contributed by atoms with van der Waals surface area (Å²) in [5.74, 6) is 1.07. The van der Waals surface area contributed by atoms with Crippen LogP contribution in [0.3, 0.4) is 0 Å². The smallest absolute Gasteiger partial charge is 0.123 e. The fourth-order valence-corrected chi connectivity index (χ4v) is 2.45. The maximum atomic E-state index is 4.34. The van der Waals surface area contributed by atoms with E-state index in [0.717, 1.165) is 18.8 Å². The summed E-state index contributed by atoms with van der Waals surface area (Å²) < 4.78 is 0. The number of likely N-dealkylation sites (N-methyl/N-ethyl adjacent to an activating group) is 1. The fraction of sp³-hybridized carbons (Fsp3) is 0.750. The number of aromatic amines is 1. The Kier molecular flexibility index (Phi) is 3.96. The zero-order valence-electron chi connectivity index (χ0n) is 10.2. The van der Waals surface area contributed by atoms with Gasteiger partial charge >= 0.3 is 0 Å². The van der Waals surface area contributed by atoms with Crippen LogP contribution in [0.4, 0.5) is 0 Å². The first-order valence-corrected chi connectivity index (χ1v) is 6.23. The maximum Gasteiger partial charge on any atom is 0.123 e. The van der Waals surface area contributed by atoms with Crippen molar-refractivity contribution >= 4 is 0 Å². The molecule has 0 spiro atoms. The number of nitrogens with one attached hydrogen (secondary N) is 2. The third-order valence-electron chi connectivity index (χ3n) is 3.32. The number of hydrogen-bond donors (Lipinski definition) is 2. The van der Waals surface area contributed by atoms with Crippen LogP contribution in [0.25, 0.3) is 0 Å². The third kappa shape index (κ3) is 2.83. The Hall–Kier alpha value is -0.870. The van der Waals surface area contributed by atoms with E-state index in [-0.39, 0.29) is 0 Å². The Bertz CT molecular complexity index is 296. The summed E-state index contributed by atoms with van der Waals surface area (Å²) in [6.45, 7) is 4.58. The quantitative estimate of drug-likeness (QED) is 0.812. The summed E-state index contributed by atoms with van der Waals surface area (Å²) in [5, 5.41) is 3.70. The molecule has 1 aliphatic rings. The van der Waals surface area contributed by atoms with E-state index in [1.807, 2.05) is 12.4 Å². The van der Waals surface area contributed by atoms with Crippen LogP contribution >= 0.6 is 0 Å². The van der Waals surface area contributed by atoms with E-state index in [1.165, 1.54) is 19.4 Å². The minimum Gasteiger partial charge on any atom is -0.347 e. The predicted molar refractivity (Wildman–Crippen MR) is 65.3 cm³/mol. The van der Waals surface area contributed by atoms with E-state index in [2.05, 4.69) is 34.2 Å². The van der Waals surface area contributed by atoms with Crippen molar-refractivity contribution in [2.24, 2.45) is 0 Å². The van der Waals surface area contributed by atoms with Gasteiger partial charge in [-0.15, -0.1) is 0 Å². The molecule has 1 saturated heterocycles. The molecule has 1 aromatic rings. The van der Waals surface area contributed by atoms with Crippen LogP contribution in [0.2, 0.25) is 0 Å². The molecule has 2 N–H and O–H groups in total. The van der Waals surface area contributed by atoms with Gasteiger partial charge < -0.3 is 15.2 Å². The Morgan fingerprint density at radius 1 is 1.69 bits per heavy atom. The van der Waals surface area contributed by atoms with E-state index in [1.54, 1.807) is 0 Å². The molecular formula is C12H22N4. The molecule has 4 heteroatoms. The van der Waals surface area contributed by atoms with Gasteiger partial charge in [0.1, 0.15) is 5.82 Å². The Labute approximate surface area is 97.4 Å². The molecule has 0 saturated carbocycles. The normalized spacial score (nSPS) is 24.5. The molecule has 16 heavy (non-hydrogen) atoms. The lowest BCUT2D eigenvalue weighted by Crippen LogP contribution is -2.45. The standard InChI is InChI=1S/C12H22N4/c1-3-11(12-13-6-7-14-12)15-10-5-4-8-16(2)9-10/h6-7,10-11,15H,3-5,8-9H2,1-2H3,(H,13,14). The molecule has 0 aromatic carbocycles. The zero-order chi connectivity index (χ0) is 11.4. The lowest BCUT2D eigenvalue weighted by molar-refractivity contribution is 0.213. The minimum atomic E-state index is 0.367. The van der Waals surface area contributed by atoms with Gasteiger partial charge in [0.15, 0.2) is 0 Å². The molecule has 2 rings (SSSR count). The number of imidazole rings is 1. The van der Waals surface area contributed by atoms with Gasteiger partial charge in [-0.2, -0.15) is 0 Å². The number of likely N-dealkylation sites (tertiary alicyclic amines) is 1. The first kappa shape index (κ1) is 11.6. The first-order valence-electron chi connectivity index (χ1n) is 6.23. The second kappa shape index (κ2) is 5.46. The predicted octanol–water partition coefficient (Wildman–Crippen LogP) is 1.54. The van der Waals surface area contributed by atoms with Crippen LogP contribution in [0.15, 0.2) is 12.4 Å². The number of nitrogens with zero attached hydrogens (tertiary/aromatic N) is 2. The van der Waals surface area contributed by atoms with Gasteiger partial charge in [-0.05, 0) is 32.9 Å². The average molecular weight is 222 g/mol. The highest BCUT2D eigenvalue weighted by Gasteiger charge is 2.21. The molecule has 0 radical (unpaired) electrons. The summed E-state index contributed by atoms with van der Waals surface area (Å²) in [4.78, 5) is 9.94. The summed E-state index contributed by atoms with van der Waals surface area (Å²) in [7, 11) is 2.20. The molecule has 1 aromatic heterocycles. The van der Waals surface area contributed by atoms with E-state index in [4.69, 9.17) is 0 Å². The number of aromatic nitrogens is 2. The number of rotatable bonds is 4. The van der Waals surface area contributed by atoms with E-state index < -0.39 is 0 Å². The van der Waals surface area contributed by atoms with Gasteiger partial charge in [-0.1, -0.05) is 6.92 Å². The molecule has 2 heterocycles.